The lowest BCUT2D eigenvalue weighted by Crippen LogP contribution is -2.52. The van der Waals surface area contributed by atoms with Crippen LogP contribution in [0.1, 0.15) is 38.2 Å². The van der Waals surface area contributed by atoms with Crippen LogP contribution in [0.25, 0.3) is 0 Å². The topological polar surface area (TPSA) is 26.8 Å². The van der Waals surface area contributed by atoms with Gasteiger partial charge in [0.05, 0.1) is 0 Å². The zero-order valence-corrected chi connectivity index (χ0v) is 16.9. The Bertz CT molecular complexity index is 590. The number of hydrogen-bond donors (Lipinski definition) is 0. The van der Waals surface area contributed by atoms with Crippen molar-refractivity contribution in [3.05, 3.63) is 35.6 Å². The van der Waals surface area contributed by atoms with E-state index in [4.69, 9.17) is 0 Å². The van der Waals surface area contributed by atoms with Crippen LogP contribution < -0.4 is 0 Å². The van der Waals surface area contributed by atoms with E-state index in [-0.39, 0.29) is 11.7 Å². The summed E-state index contributed by atoms with van der Waals surface area (Å²) >= 11 is 0. The lowest BCUT2D eigenvalue weighted by molar-refractivity contribution is -0.133. The molecule has 0 spiro atoms. The minimum atomic E-state index is -0.205. The fourth-order valence-electron chi connectivity index (χ4n) is 4.41. The molecule has 5 heteroatoms. The molecule has 0 saturated carbocycles. The first kappa shape index (κ1) is 20.3. The van der Waals surface area contributed by atoms with Crippen molar-refractivity contribution in [3.63, 3.8) is 0 Å². The number of nitrogens with zero attached hydrogens (tertiary/aromatic N) is 3. The van der Waals surface area contributed by atoms with E-state index in [1.54, 1.807) is 0 Å². The predicted octanol–water partition coefficient (Wildman–Crippen LogP) is 3.02. The molecule has 2 heterocycles. The number of rotatable bonds is 6. The molecule has 1 amide bonds. The molecule has 2 aliphatic rings. The molecule has 0 aromatic heterocycles. The molecule has 0 bridgehead atoms. The number of carbonyl (C=O) groups is 1. The van der Waals surface area contributed by atoms with Gasteiger partial charge in [0.1, 0.15) is 5.82 Å². The third kappa shape index (κ3) is 5.76. The summed E-state index contributed by atoms with van der Waals surface area (Å²) in [6.45, 7) is 8.83. The second kappa shape index (κ2) is 9.65. The fraction of sp³-hybridized carbons (Fsp3) is 0.682. The highest BCUT2D eigenvalue weighted by Crippen LogP contribution is 2.25. The number of aryl methyl sites for hydroxylation is 1. The van der Waals surface area contributed by atoms with E-state index in [1.165, 1.54) is 25.2 Å². The summed E-state index contributed by atoms with van der Waals surface area (Å²) in [5.74, 6) is 0.781. The summed E-state index contributed by atoms with van der Waals surface area (Å²) in [6, 6.07) is 7.22. The van der Waals surface area contributed by atoms with Crippen LogP contribution in [0.2, 0.25) is 0 Å². The van der Waals surface area contributed by atoms with Gasteiger partial charge in [0.25, 0.3) is 0 Å². The van der Waals surface area contributed by atoms with E-state index in [1.807, 2.05) is 12.1 Å². The van der Waals surface area contributed by atoms with Gasteiger partial charge in [-0.25, -0.2) is 4.39 Å². The molecule has 1 aromatic rings. The van der Waals surface area contributed by atoms with Crippen molar-refractivity contribution in [1.82, 2.24) is 14.7 Å². The molecule has 150 valence electrons. The third-order valence-electron chi connectivity index (χ3n) is 6.46. The molecule has 1 unspecified atom stereocenters. The summed E-state index contributed by atoms with van der Waals surface area (Å²) in [7, 11) is 2.20. The van der Waals surface area contributed by atoms with Gasteiger partial charge in [-0.2, -0.15) is 0 Å². The van der Waals surface area contributed by atoms with E-state index in [9.17, 15) is 9.18 Å². The predicted molar refractivity (Wildman–Crippen MR) is 107 cm³/mol. The molecule has 27 heavy (non-hydrogen) atoms. The summed E-state index contributed by atoms with van der Waals surface area (Å²) in [4.78, 5) is 19.6. The zero-order chi connectivity index (χ0) is 19.2. The van der Waals surface area contributed by atoms with Crippen molar-refractivity contribution < 1.29 is 9.18 Å². The van der Waals surface area contributed by atoms with Crippen molar-refractivity contribution in [2.75, 3.05) is 46.3 Å². The molecule has 0 N–H and O–H groups in total. The van der Waals surface area contributed by atoms with E-state index < -0.39 is 0 Å². The van der Waals surface area contributed by atoms with Crippen molar-refractivity contribution in [1.29, 1.82) is 0 Å². The van der Waals surface area contributed by atoms with Crippen LogP contribution in [0.15, 0.2) is 24.3 Å². The number of hydrogen-bond acceptors (Lipinski definition) is 3. The number of likely N-dealkylation sites (tertiary alicyclic amines) is 1. The maximum absolute atomic E-state index is 12.9. The normalized spacial score (nSPS) is 21.4. The Balaban J connectivity index is 1.36. The summed E-state index contributed by atoms with van der Waals surface area (Å²) in [5.41, 5.74) is 1.10. The van der Waals surface area contributed by atoms with Gasteiger partial charge in [0, 0.05) is 51.7 Å². The first-order valence-corrected chi connectivity index (χ1v) is 10.5. The number of benzene rings is 1. The van der Waals surface area contributed by atoms with Gasteiger partial charge < -0.3 is 9.80 Å². The summed E-state index contributed by atoms with van der Waals surface area (Å²) in [5, 5.41) is 0. The molecule has 1 atom stereocenters. The fourth-order valence-corrected chi connectivity index (χ4v) is 4.41. The van der Waals surface area contributed by atoms with Crippen LogP contribution in [0, 0.1) is 11.7 Å². The quantitative estimate of drug-likeness (QED) is 0.765. The van der Waals surface area contributed by atoms with Gasteiger partial charge in [0.15, 0.2) is 0 Å². The van der Waals surface area contributed by atoms with Gasteiger partial charge in [-0.15, -0.1) is 0 Å². The second-order valence-corrected chi connectivity index (χ2v) is 8.28. The van der Waals surface area contributed by atoms with Crippen LogP contribution in [-0.2, 0) is 11.2 Å². The maximum atomic E-state index is 12.9. The first-order valence-electron chi connectivity index (χ1n) is 10.5. The van der Waals surface area contributed by atoms with Gasteiger partial charge in [0.2, 0.25) is 5.91 Å². The van der Waals surface area contributed by atoms with Crippen molar-refractivity contribution >= 4 is 5.91 Å². The molecule has 0 aliphatic carbocycles. The molecule has 4 nitrogen and oxygen atoms in total. The van der Waals surface area contributed by atoms with Gasteiger partial charge >= 0.3 is 0 Å². The molecule has 1 aromatic carbocycles. The Labute approximate surface area is 163 Å². The minimum absolute atomic E-state index is 0.205. The van der Waals surface area contributed by atoms with E-state index in [2.05, 4.69) is 28.7 Å². The average molecular weight is 376 g/mol. The molecule has 3 rings (SSSR count). The average Bonchev–Trinajstić information content (AvgIpc) is 2.69. The molecular weight excluding hydrogens is 341 g/mol. The highest BCUT2D eigenvalue weighted by atomic mass is 19.1. The Morgan fingerprint density at radius 1 is 1.07 bits per heavy atom. The van der Waals surface area contributed by atoms with Crippen LogP contribution in [-0.4, -0.2) is 73.0 Å². The molecule has 2 aliphatic heterocycles. The molecular formula is C22H34FN3O. The highest BCUT2D eigenvalue weighted by molar-refractivity contribution is 5.76. The van der Waals surface area contributed by atoms with Crippen LogP contribution in [0.4, 0.5) is 4.39 Å². The van der Waals surface area contributed by atoms with Gasteiger partial charge in [-0.1, -0.05) is 12.1 Å². The number of amides is 1. The summed E-state index contributed by atoms with van der Waals surface area (Å²) in [6.07, 6.45) is 4.51. The Morgan fingerprint density at radius 3 is 2.33 bits per heavy atom. The second-order valence-electron chi connectivity index (χ2n) is 8.28. The lowest BCUT2D eigenvalue weighted by atomic mass is 9.89. The van der Waals surface area contributed by atoms with Crippen molar-refractivity contribution in [2.45, 2.75) is 45.1 Å². The molecule has 0 radical (unpaired) electrons. The molecule has 2 fully saturated rings. The highest BCUT2D eigenvalue weighted by Gasteiger charge is 2.30. The SMILES string of the molecule is CC(C1CCN(C(=O)CCCc2ccc(F)cc2)CC1)N1CCN(C)CC1. The van der Waals surface area contributed by atoms with Gasteiger partial charge in [-0.05, 0) is 63.3 Å². The van der Waals surface area contributed by atoms with Crippen molar-refractivity contribution in [2.24, 2.45) is 5.92 Å². The largest absolute Gasteiger partial charge is 0.343 e. The first-order chi connectivity index (χ1) is 13.0. The van der Waals surface area contributed by atoms with Crippen LogP contribution in [0.5, 0.6) is 0 Å². The monoisotopic (exact) mass is 375 g/mol. The number of piperidine rings is 1. The minimum Gasteiger partial charge on any atom is -0.343 e. The Morgan fingerprint density at radius 2 is 1.70 bits per heavy atom. The Hall–Kier alpha value is -1.46. The van der Waals surface area contributed by atoms with Crippen LogP contribution in [0.3, 0.4) is 0 Å². The lowest BCUT2D eigenvalue weighted by Gasteiger charge is -2.42. The number of carbonyl (C=O) groups excluding carboxylic acids is 1. The smallest absolute Gasteiger partial charge is 0.222 e. The number of piperazine rings is 1. The Kier molecular flexibility index (Phi) is 7.25. The molecule has 2 saturated heterocycles. The number of likely N-dealkylation sites (N-methyl/N-ethyl adjacent to an activating group) is 1. The van der Waals surface area contributed by atoms with E-state index in [0.717, 1.165) is 57.4 Å². The van der Waals surface area contributed by atoms with E-state index >= 15 is 0 Å². The van der Waals surface area contributed by atoms with Crippen molar-refractivity contribution in [3.8, 4) is 0 Å². The van der Waals surface area contributed by atoms with Crippen LogP contribution >= 0.6 is 0 Å². The summed E-state index contributed by atoms with van der Waals surface area (Å²) < 4.78 is 12.9. The van der Waals surface area contributed by atoms with E-state index in [0.29, 0.717) is 18.4 Å². The van der Waals surface area contributed by atoms with Gasteiger partial charge in [-0.3, -0.25) is 9.69 Å². The standard InChI is InChI=1S/C22H34FN3O/c1-18(25-16-14-24(2)15-17-25)20-10-12-26(13-11-20)22(27)5-3-4-19-6-8-21(23)9-7-19/h6-9,18,20H,3-5,10-17H2,1-2H3. The maximum Gasteiger partial charge on any atom is 0.222 e. The zero-order valence-electron chi connectivity index (χ0n) is 16.9. The number of halogens is 1. The third-order valence-corrected chi connectivity index (χ3v) is 6.46.